The van der Waals surface area contributed by atoms with Gasteiger partial charge >= 0.3 is 5.97 Å². The lowest BCUT2D eigenvalue weighted by atomic mass is 10.1. The summed E-state index contributed by atoms with van der Waals surface area (Å²) in [7, 11) is 0. The first kappa shape index (κ1) is 12.1. The highest BCUT2D eigenvalue weighted by atomic mass is 16.4. The van der Waals surface area contributed by atoms with E-state index in [-0.39, 0.29) is 12.2 Å². The summed E-state index contributed by atoms with van der Waals surface area (Å²) in [5, 5.41) is 11.3. The number of aliphatic carboxylic acids is 1. The molecule has 1 atom stereocenters. The van der Waals surface area contributed by atoms with Gasteiger partial charge in [-0.3, -0.25) is 14.6 Å². The fraction of sp³-hybridized carbons (Fsp3) is 0.400. The number of amides is 1. The number of hydrogen-bond acceptors (Lipinski definition) is 4. The molecule has 1 unspecified atom stereocenters. The second kappa shape index (κ2) is 5.79. The van der Waals surface area contributed by atoms with Crippen molar-refractivity contribution < 1.29 is 14.7 Å². The Morgan fingerprint density at radius 2 is 2.25 bits per heavy atom. The third-order valence-electron chi connectivity index (χ3n) is 2.15. The van der Waals surface area contributed by atoms with E-state index in [9.17, 15) is 9.59 Å². The minimum absolute atomic E-state index is 0.0985. The molecule has 1 rings (SSSR count). The van der Waals surface area contributed by atoms with Crippen LogP contribution in [-0.2, 0) is 4.79 Å². The maximum Gasteiger partial charge on any atom is 0.308 e. The number of hydrogen-bond donors (Lipinski definition) is 2. The van der Waals surface area contributed by atoms with Crippen molar-refractivity contribution in [3.63, 3.8) is 0 Å². The lowest BCUT2D eigenvalue weighted by Gasteiger charge is -2.10. The standard InChI is InChI=1S/C10H13N3O3/c1-2-7(10(15)16)5-13-9(14)8-6-11-3-4-12-8/h3-4,6-7H,2,5H2,1H3,(H,13,14)(H,15,16). The minimum atomic E-state index is -0.915. The molecular formula is C10H13N3O3. The van der Waals surface area contributed by atoms with Crippen LogP contribution in [0, 0.1) is 5.92 Å². The largest absolute Gasteiger partial charge is 0.481 e. The van der Waals surface area contributed by atoms with Gasteiger partial charge in [-0.25, -0.2) is 4.98 Å². The second-order valence-corrected chi connectivity index (χ2v) is 3.24. The molecule has 6 nitrogen and oxygen atoms in total. The number of carboxylic acid groups (broad SMARTS) is 1. The molecule has 0 fully saturated rings. The van der Waals surface area contributed by atoms with Gasteiger partial charge in [-0.1, -0.05) is 6.92 Å². The van der Waals surface area contributed by atoms with Crippen LogP contribution < -0.4 is 5.32 Å². The van der Waals surface area contributed by atoms with Crippen LogP contribution in [-0.4, -0.2) is 33.5 Å². The van der Waals surface area contributed by atoms with Gasteiger partial charge in [0.25, 0.3) is 5.91 Å². The molecule has 0 saturated carbocycles. The van der Waals surface area contributed by atoms with Crippen molar-refractivity contribution in [2.24, 2.45) is 5.92 Å². The lowest BCUT2D eigenvalue weighted by molar-refractivity contribution is -0.141. The molecule has 86 valence electrons. The fourth-order valence-corrected chi connectivity index (χ4v) is 1.13. The summed E-state index contributed by atoms with van der Waals surface area (Å²) in [6.45, 7) is 1.86. The topological polar surface area (TPSA) is 92.2 Å². The molecule has 1 aromatic rings. The summed E-state index contributed by atoms with van der Waals surface area (Å²) in [6.07, 6.45) is 4.67. The highest BCUT2D eigenvalue weighted by molar-refractivity contribution is 5.92. The number of carboxylic acids is 1. The lowest BCUT2D eigenvalue weighted by Crippen LogP contribution is -2.33. The van der Waals surface area contributed by atoms with Crippen LogP contribution in [0.25, 0.3) is 0 Å². The summed E-state index contributed by atoms with van der Waals surface area (Å²) in [4.78, 5) is 29.7. The number of carbonyl (C=O) groups is 2. The van der Waals surface area contributed by atoms with E-state index in [1.54, 1.807) is 6.92 Å². The highest BCUT2D eigenvalue weighted by Crippen LogP contribution is 2.01. The molecule has 0 spiro atoms. The summed E-state index contributed by atoms with van der Waals surface area (Å²) in [5.74, 6) is -1.89. The van der Waals surface area contributed by atoms with E-state index < -0.39 is 17.8 Å². The van der Waals surface area contributed by atoms with Crippen molar-refractivity contribution in [1.82, 2.24) is 15.3 Å². The zero-order valence-corrected chi connectivity index (χ0v) is 8.88. The Labute approximate surface area is 92.7 Å². The van der Waals surface area contributed by atoms with Gasteiger partial charge in [-0.2, -0.15) is 0 Å². The molecule has 0 bridgehead atoms. The van der Waals surface area contributed by atoms with Crippen LogP contribution >= 0.6 is 0 Å². The predicted molar refractivity (Wildman–Crippen MR) is 55.8 cm³/mol. The first-order valence-electron chi connectivity index (χ1n) is 4.92. The molecule has 6 heteroatoms. The normalized spacial score (nSPS) is 11.8. The molecule has 0 aliphatic heterocycles. The molecular weight excluding hydrogens is 210 g/mol. The first-order valence-corrected chi connectivity index (χ1v) is 4.92. The molecule has 0 aliphatic carbocycles. The van der Waals surface area contributed by atoms with Gasteiger partial charge in [0.1, 0.15) is 5.69 Å². The number of aromatic nitrogens is 2. The van der Waals surface area contributed by atoms with Crippen molar-refractivity contribution >= 4 is 11.9 Å². The third-order valence-corrected chi connectivity index (χ3v) is 2.15. The van der Waals surface area contributed by atoms with E-state index in [1.807, 2.05) is 0 Å². The molecule has 16 heavy (non-hydrogen) atoms. The van der Waals surface area contributed by atoms with Crippen molar-refractivity contribution in [2.45, 2.75) is 13.3 Å². The smallest absolute Gasteiger partial charge is 0.308 e. The molecule has 0 radical (unpaired) electrons. The second-order valence-electron chi connectivity index (χ2n) is 3.24. The van der Waals surface area contributed by atoms with Crippen LogP contribution in [0.3, 0.4) is 0 Å². The van der Waals surface area contributed by atoms with E-state index in [0.717, 1.165) is 0 Å². The zero-order chi connectivity index (χ0) is 12.0. The van der Waals surface area contributed by atoms with Crippen LogP contribution in [0.1, 0.15) is 23.8 Å². The summed E-state index contributed by atoms with van der Waals surface area (Å²) in [6, 6.07) is 0. The summed E-state index contributed by atoms with van der Waals surface area (Å²) < 4.78 is 0. The number of nitrogens with zero attached hydrogens (tertiary/aromatic N) is 2. The van der Waals surface area contributed by atoms with Crippen molar-refractivity contribution in [2.75, 3.05) is 6.54 Å². The fourth-order valence-electron chi connectivity index (χ4n) is 1.13. The average Bonchev–Trinajstić information content (AvgIpc) is 2.30. The Morgan fingerprint density at radius 3 is 2.75 bits per heavy atom. The maximum atomic E-state index is 11.5. The van der Waals surface area contributed by atoms with Crippen LogP contribution in [0.4, 0.5) is 0 Å². The van der Waals surface area contributed by atoms with Gasteiger partial charge in [-0.05, 0) is 6.42 Å². The van der Waals surface area contributed by atoms with E-state index in [0.29, 0.717) is 6.42 Å². The Bertz CT molecular complexity index is 367. The van der Waals surface area contributed by atoms with Gasteiger partial charge in [-0.15, -0.1) is 0 Å². The highest BCUT2D eigenvalue weighted by Gasteiger charge is 2.16. The number of carbonyl (C=O) groups excluding carboxylic acids is 1. The van der Waals surface area contributed by atoms with E-state index in [4.69, 9.17) is 5.11 Å². The van der Waals surface area contributed by atoms with Crippen molar-refractivity contribution in [3.8, 4) is 0 Å². The Morgan fingerprint density at radius 1 is 1.50 bits per heavy atom. The van der Waals surface area contributed by atoms with Crippen molar-refractivity contribution in [3.05, 3.63) is 24.3 Å². The monoisotopic (exact) mass is 223 g/mol. The Kier molecular flexibility index (Phi) is 4.38. The SMILES string of the molecule is CCC(CNC(=O)c1cnccn1)C(=O)O. The summed E-state index contributed by atoms with van der Waals surface area (Å²) >= 11 is 0. The number of nitrogens with one attached hydrogen (secondary N) is 1. The minimum Gasteiger partial charge on any atom is -0.481 e. The molecule has 0 saturated heterocycles. The van der Waals surface area contributed by atoms with E-state index in [2.05, 4.69) is 15.3 Å². The van der Waals surface area contributed by atoms with Gasteiger partial charge < -0.3 is 10.4 Å². The maximum absolute atomic E-state index is 11.5. The predicted octanol–water partition coefficient (Wildman–Crippen LogP) is 0.317. The van der Waals surface area contributed by atoms with Gasteiger partial charge in [0.2, 0.25) is 0 Å². The Balaban J connectivity index is 2.50. The molecule has 1 amide bonds. The van der Waals surface area contributed by atoms with Gasteiger partial charge in [0, 0.05) is 18.9 Å². The van der Waals surface area contributed by atoms with Crippen LogP contribution in [0.2, 0.25) is 0 Å². The zero-order valence-electron chi connectivity index (χ0n) is 8.88. The van der Waals surface area contributed by atoms with Crippen LogP contribution in [0.15, 0.2) is 18.6 Å². The molecule has 2 N–H and O–H groups in total. The van der Waals surface area contributed by atoms with E-state index in [1.165, 1.54) is 18.6 Å². The molecule has 1 heterocycles. The summed E-state index contributed by atoms with van der Waals surface area (Å²) in [5.41, 5.74) is 0.183. The third kappa shape index (κ3) is 3.30. The number of rotatable bonds is 5. The van der Waals surface area contributed by atoms with Crippen LogP contribution in [0.5, 0.6) is 0 Å². The molecule has 1 aromatic heterocycles. The van der Waals surface area contributed by atoms with Gasteiger partial charge in [0.05, 0.1) is 12.1 Å². The van der Waals surface area contributed by atoms with Crippen molar-refractivity contribution in [1.29, 1.82) is 0 Å². The average molecular weight is 223 g/mol. The molecule has 0 aromatic carbocycles. The Hall–Kier alpha value is -1.98. The van der Waals surface area contributed by atoms with Gasteiger partial charge in [0.15, 0.2) is 0 Å². The molecule has 0 aliphatic rings. The first-order chi connectivity index (χ1) is 7.65. The van der Waals surface area contributed by atoms with E-state index >= 15 is 0 Å². The quantitative estimate of drug-likeness (QED) is 0.749.